The summed E-state index contributed by atoms with van der Waals surface area (Å²) in [4.78, 5) is 16.5. The summed E-state index contributed by atoms with van der Waals surface area (Å²) in [5, 5.41) is 3.07. The number of carbonyl (C=O) groups excluding carboxylic acids is 1. The second kappa shape index (κ2) is 17.1. The summed E-state index contributed by atoms with van der Waals surface area (Å²) in [7, 11) is 1.65. The van der Waals surface area contributed by atoms with Gasteiger partial charge < -0.3 is 19.7 Å². The van der Waals surface area contributed by atoms with Crippen molar-refractivity contribution in [3.05, 3.63) is 64.7 Å². The molecule has 0 fully saturated rings. The van der Waals surface area contributed by atoms with E-state index >= 15 is 0 Å². The zero-order chi connectivity index (χ0) is 27.0. The first-order valence-corrected chi connectivity index (χ1v) is 15.3. The maximum atomic E-state index is 12.9. The Kier molecular flexibility index (Phi) is 13.5. The first-order chi connectivity index (χ1) is 18.6. The third-order valence-electron chi connectivity index (χ3n) is 6.80. The van der Waals surface area contributed by atoms with Crippen molar-refractivity contribution < 1.29 is 14.3 Å². The Morgan fingerprint density at radius 3 is 2.39 bits per heavy atom. The smallest absolute Gasteiger partial charge is 0.228 e. The number of nitrogens with zero attached hydrogens (tertiary/aromatic N) is 1. The third kappa shape index (κ3) is 11.0. The summed E-state index contributed by atoms with van der Waals surface area (Å²) in [5.74, 6) is 2.40. The van der Waals surface area contributed by atoms with Gasteiger partial charge in [-0.15, -0.1) is 11.8 Å². The number of unbranched alkanes of at least 4 members (excludes halogenated alkanes) is 9. The van der Waals surface area contributed by atoms with Crippen LogP contribution in [0, 0.1) is 0 Å². The predicted octanol–water partition coefficient (Wildman–Crippen LogP) is 8.54. The number of allylic oxidation sites excluding steroid dienone is 1. The van der Waals surface area contributed by atoms with Crippen LogP contribution in [0.25, 0.3) is 0 Å². The number of thioether (sulfide) groups is 1. The average molecular weight is 539 g/mol. The zero-order valence-electron chi connectivity index (χ0n) is 23.6. The van der Waals surface area contributed by atoms with Gasteiger partial charge in [0.25, 0.3) is 0 Å². The molecule has 38 heavy (non-hydrogen) atoms. The van der Waals surface area contributed by atoms with Gasteiger partial charge in [-0.25, -0.2) is 0 Å². The van der Waals surface area contributed by atoms with Gasteiger partial charge in [0.05, 0.1) is 26.0 Å². The lowest BCUT2D eigenvalue weighted by Gasteiger charge is -2.16. The highest BCUT2D eigenvalue weighted by Crippen LogP contribution is 2.28. The van der Waals surface area contributed by atoms with E-state index in [0.29, 0.717) is 6.61 Å². The van der Waals surface area contributed by atoms with Crippen LogP contribution in [0.15, 0.2) is 53.6 Å². The number of rotatable bonds is 18. The zero-order valence-corrected chi connectivity index (χ0v) is 24.4. The Hall–Kier alpha value is -2.60. The fourth-order valence-electron chi connectivity index (χ4n) is 4.68. The van der Waals surface area contributed by atoms with Crippen molar-refractivity contribution in [3.8, 4) is 11.5 Å². The van der Waals surface area contributed by atoms with Gasteiger partial charge in [-0.05, 0) is 42.0 Å². The molecule has 0 saturated carbocycles. The summed E-state index contributed by atoms with van der Waals surface area (Å²) < 4.78 is 11.5. The van der Waals surface area contributed by atoms with Gasteiger partial charge >= 0.3 is 0 Å². The molecule has 0 aromatic heterocycles. The highest BCUT2D eigenvalue weighted by Gasteiger charge is 2.13. The standard InChI is InChI=1S/C32H46N2O3S/c1-4-5-6-7-8-9-10-11-12-13-19-37-31-22-30(36-3)18-17-28(31)21-32(35)33-29-16-14-15-27(20-29)24-34-23-26(2)38-25-34/h14-18,20,22-23H,4-13,19,21,24-25H2,1-3H3,(H,33,35). The lowest BCUT2D eigenvalue weighted by molar-refractivity contribution is -0.115. The monoisotopic (exact) mass is 538 g/mol. The fraction of sp³-hybridized carbons (Fsp3) is 0.531. The summed E-state index contributed by atoms with van der Waals surface area (Å²) in [6.45, 7) is 5.89. The van der Waals surface area contributed by atoms with Crippen molar-refractivity contribution in [1.29, 1.82) is 0 Å². The van der Waals surface area contributed by atoms with Gasteiger partial charge in [0, 0.05) is 30.1 Å². The SMILES string of the molecule is CCCCCCCCCCCCOc1cc(OC)ccc1CC(=O)Nc1cccc(CN2C=C(C)SC2)c1. The van der Waals surface area contributed by atoms with Crippen molar-refractivity contribution in [2.45, 2.75) is 91.0 Å². The van der Waals surface area contributed by atoms with Gasteiger partial charge in [-0.2, -0.15) is 0 Å². The average Bonchev–Trinajstić information content (AvgIpc) is 3.32. The molecule has 1 aliphatic heterocycles. The second-order valence-electron chi connectivity index (χ2n) is 10.2. The van der Waals surface area contributed by atoms with E-state index < -0.39 is 0 Å². The molecule has 0 atom stereocenters. The third-order valence-corrected chi connectivity index (χ3v) is 7.82. The van der Waals surface area contributed by atoms with Crippen molar-refractivity contribution >= 4 is 23.4 Å². The molecule has 3 rings (SSSR count). The number of ether oxygens (including phenoxy) is 2. The van der Waals surface area contributed by atoms with Crippen LogP contribution in [0.5, 0.6) is 11.5 Å². The number of hydrogen-bond acceptors (Lipinski definition) is 5. The van der Waals surface area contributed by atoms with Crippen LogP contribution in [0.1, 0.15) is 89.2 Å². The quantitative estimate of drug-likeness (QED) is 0.193. The van der Waals surface area contributed by atoms with Crippen LogP contribution >= 0.6 is 11.8 Å². The van der Waals surface area contributed by atoms with E-state index in [1.807, 2.05) is 42.1 Å². The molecular weight excluding hydrogens is 492 g/mol. The van der Waals surface area contributed by atoms with Gasteiger partial charge in [-0.1, -0.05) is 82.9 Å². The summed E-state index contributed by atoms with van der Waals surface area (Å²) >= 11 is 1.85. The first-order valence-electron chi connectivity index (χ1n) is 14.3. The van der Waals surface area contributed by atoms with Gasteiger partial charge in [0.1, 0.15) is 11.5 Å². The fourth-order valence-corrected chi connectivity index (χ4v) is 5.44. The molecule has 0 radical (unpaired) electrons. The lowest BCUT2D eigenvalue weighted by Crippen LogP contribution is -2.16. The first kappa shape index (κ1) is 29.9. The molecule has 1 N–H and O–H groups in total. The van der Waals surface area contributed by atoms with E-state index in [4.69, 9.17) is 9.47 Å². The molecule has 2 aromatic rings. The highest BCUT2D eigenvalue weighted by molar-refractivity contribution is 8.03. The molecular formula is C32H46N2O3S. The van der Waals surface area contributed by atoms with Crippen LogP contribution in [0.2, 0.25) is 0 Å². The van der Waals surface area contributed by atoms with E-state index in [-0.39, 0.29) is 12.3 Å². The van der Waals surface area contributed by atoms with Gasteiger partial charge in [0.2, 0.25) is 5.91 Å². The predicted molar refractivity (Wildman–Crippen MR) is 161 cm³/mol. The Labute approximate surface area is 234 Å². The molecule has 1 amide bonds. The van der Waals surface area contributed by atoms with Crippen LogP contribution in [-0.2, 0) is 17.8 Å². The van der Waals surface area contributed by atoms with Crippen LogP contribution in [0.4, 0.5) is 5.69 Å². The topological polar surface area (TPSA) is 50.8 Å². The van der Waals surface area contributed by atoms with Gasteiger partial charge in [-0.3, -0.25) is 4.79 Å². The molecule has 5 nitrogen and oxygen atoms in total. The number of carbonyl (C=O) groups is 1. The Morgan fingerprint density at radius 2 is 1.71 bits per heavy atom. The largest absolute Gasteiger partial charge is 0.497 e. The minimum atomic E-state index is -0.0522. The van der Waals surface area contributed by atoms with Crippen LogP contribution in [-0.4, -0.2) is 30.4 Å². The molecule has 1 aliphatic rings. The van der Waals surface area contributed by atoms with Crippen molar-refractivity contribution in [3.63, 3.8) is 0 Å². The number of anilines is 1. The Bertz CT molecular complexity index is 1020. The molecule has 0 saturated heterocycles. The van der Waals surface area contributed by atoms with Gasteiger partial charge in [0.15, 0.2) is 0 Å². The Morgan fingerprint density at radius 1 is 0.974 bits per heavy atom. The molecule has 208 valence electrons. The normalized spacial score (nSPS) is 12.9. The van der Waals surface area contributed by atoms with Crippen LogP contribution < -0.4 is 14.8 Å². The Balaban J connectivity index is 1.44. The van der Waals surface area contributed by atoms with E-state index in [9.17, 15) is 4.79 Å². The molecule has 1 heterocycles. The van der Waals surface area contributed by atoms with E-state index in [2.05, 4.69) is 42.4 Å². The molecule has 0 unspecified atom stereocenters. The summed E-state index contributed by atoms with van der Waals surface area (Å²) in [6, 6.07) is 13.8. The minimum Gasteiger partial charge on any atom is -0.497 e. The molecule has 0 aliphatic carbocycles. The molecule has 0 spiro atoms. The number of nitrogens with one attached hydrogen (secondary N) is 1. The number of benzene rings is 2. The summed E-state index contributed by atoms with van der Waals surface area (Å²) in [6.07, 6.45) is 15.4. The summed E-state index contributed by atoms with van der Waals surface area (Å²) in [5.41, 5.74) is 2.88. The number of amides is 1. The number of hydrogen-bond donors (Lipinski definition) is 1. The van der Waals surface area contributed by atoms with E-state index in [1.165, 1.54) is 68.3 Å². The van der Waals surface area contributed by atoms with E-state index in [0.717, 1.165) is 41.6 Å². The van der Waals surface area contributed by atoms with Crippen molar-refractivity contribution in [1.82, 2.24) is 4.90 Å². The van der Waals surface area contributed by atoms with E-state index in [1.54, 1.807) is 7.11 Å². The molecule has 0 bridgehead atoms. The lowest BCUT2D eigenvalue weighted by atomic mass is 10.1. The maximum Gasteiger partial charge on any atom is 0.228 e. The van der Waals surface area contributed by atoms with Crippen LogP contribution in [0.3, 0.4) is 0 Å². The molecule has 6 heteroatoms. The highest BCUT2D eigenvalue weighted by atomic mass is 32.2. The molecule has 2 aromatic carbocycles. The number of methoxy groups -OCH3 is 1. The van der Waals surface area contributed by atoms with Crippen molar-refractivity contribution in [2.75, 3.05) is 24.9 Å². The second-order valence-corrected chi connectivity index (χ2v) is 11.4. The van der Waals surface area contributed by atoms with Crippen molar-refractivity contribution in [2.24, 2.45) is 0 Å². The maximum absolute atomic E-state index is 12.9. The minimum absolute atomic E-state index is 0.0522.